The van der Waals surface area contributed by atoms with Gasteiger partial charge in [-0.15, -0.1) is 21.5 Å². The molecule has 348 valence electrons. The second-order valence-corrected chi connectivity index (χ2v) is 20.1. The first-order valence-corrected chi connectivity index (χ1v) is 24.0. The minimum atomic E-state index is -0.881. The third kappa shape index (κ3) is 11.6. The number of hydrogen-bond acceptors (Lipinski definition) is 12. The molecule has 2 aromatic heterocycles. The van der Waals surface area contributed by atoms with Crippen molar-refractivity contribution in [3.63, 3.8) is 0 Å². The molecular formula is C49H65N9O6S. The maximum atomic E-state index is 14.0. The molecule has 2 aromatic carbocycles. The molecule has 0 unspecified atom stereocenters. The van der Waals surface area contributed by atoms with Crippen LogP contribution in [-0.2, 0) is 25.7 Å². The first-order valence-electron chi connectivity index (χ1n) is 23.1. The summed E-state index contributed by atoms with van der Waals surface area (Å²) in [5.41, 5.74) is 12.6. The number of thiazole rings is 1. The predicted octanol–water partition coefficient (Wildman–Crippen LogP) is 6.22. The minimum Gasteiger partial charge on any atom is -0.507 e. The number of hydrogen-bond donors (Lipinski definition) is 5. The Bertz CT molecular complexity index is 2290. The lowest BCUT2D eigenvalue weighted by molar-refractivity contribution is -0.144. The van der Waals surface area contributed by atoms with Crippen molar-refractivity contribution in [2.75, 3.05) is 43.4 Å². The molecule has 0 bridgehead atoms. The number of aryl methyl sites for hydroxylation is 1. The normalized spacial score (nSPS) is 19.0. The summed E-state index contributed by atoms with van der Waals surface area (Å²) in [5, 5.41) is 35.3. The lowest BCUT2D eigenvalue weighted by Gasteiger charge is -2.47. The van der Waals surface area contributed by atoms with Crippen molar-refractivity contribution < 1.29 is 29.4 Å². The summed E-state index contributed by atoms with van der Waals surface area (Å²) in [7, 11) is 0. The predicted molar refractivity (Wildman–Crippen MR) is 253 cm³/mol. The number of phenols is 1. The number of carbonyl (C=O) groups excluding carboxylic acids is 4. The molecule has 4 aromatic rings. The van der Waals surface area contributed by atoms with Crippen LogP contribution in [0.3, 0.4) is 0 Å². The summed E-state index contributed by atoms with van der Waals surface area (Å²) in [4.78, 5) is 65.1. The Morgan fingerprint density at radius 2 is 1.60 bits per heavy atom. The van der Waals surface area contributed by atoms with Crippen molar-refractivity contribution in [3.05, 3.63) is 71.4 Å². The van der Waals surface area contributed by atoms with Gasteiger partial charge in [0.1, 0.15) is 17.8 Å². The number of anilines is 2. The van der Waals surface area contributed by atoms with Gasteiger partial charge in [0.05, 0.1) is 33.6 Å². The number of aromatic hydroxyl groups is 1. The number of aliphatic hydroxyl groups excluding tert-OH is 1. The maximum absolute atomic E-state index is 14.0. The highest BCUT2D eigenvalue weighted by molar-refractivity contribution is 7.13. The van der Waals surface area contributed by atoms with Crippen LogP contribution in [0.2, 0.25) is 0 Å². The number of phenolic OH excluding ortho intramolecular Hbond substituents is 1. The second-order valence-electron chi connectivity index (χ2n) is 19.2. The van der Waals surface area contributed by atoms with Crippen LogP contribution in [-0.4, -0.2) is 110 Å². The number of rotatable bonds is 15. The van der Waals surface area contributed by atoms with Crippen molar-refractivity contribution in [3.8, 4) is 27.4 Å². The topological polar surface area (TPSA) is 207 Å². The summed E-state index contributed by atoms with van der Waals surface area (Å²) in [6, 6.07) is 15.2. The number of nitrogen functional groups attached to an aromatic ring is 1. The number of para-hydroxylation sites is 1. The van der Waals surface area contributed by atoms with Gasteiger partial charge in [-0.3, -0.25) is 19.2 Å². The maximum Gasteiger partial charge on any atom is 0.246 e. The SMILES string of the molecule is Cc1ncsc1-c1ccc(CNC(=O)[C@@H]2C[C@@H](O)CN2C(=O)[C@H](NC(=O)CCCCCCC(=O)N2CCC3(CC2)CCN(c2cc(-c4ccccc4O)nnc2N)CC3)C(C)(C)C)cc1. The molecule has 1 spiro atoms. The Morgan fingerprint density at radius 1 is 0.923 bits per heavy atom. The van der Waals surface area contributed by atoms with E-state index in [1.165, 1.54) is 4.90 Å². The molecule has 7 rings (SSSR count). The molecule has 3 atom stereocenters. The van der Waals surface area contributed by atoms with E-state index in [2.05, 4.69) is 30.7 Å². The number of piperidine rings is 2. The van der Waals surface area contributed by atoms with Crippen LogP contribution in [0.4, 0.5) is 11.5 Å². The van der Waals surface area contributed by atoms with Gasteiger partial charge in [0.2, 0.25) is 23.6 Å². The number of unbranched alkanes of at least 4 members (excludes halogenated alkanes) is 3. The molecule has 15 nitrogen and oxygen atoms in total. The molecule has 4 amide bonds. The van der Waals surface area contributed by atoms with E-state index in [9.17, 15) is 29.4 Å². The molecular weight excluding hydrogens is 843 g/mol. The van der Waals surface area contributed by atoms with Gasteiger partial charge in [0.25, 0.3) is 0 Å². The zero-order valence-electron chi connectivity index (χ0n) is 38.2. The molecule has 0 aliphatic carbocycles. The van der Waals surface area contributed by atoms with Crippen LogP contribution >= 0.6 is 11.3 Å². The number of carbonyl (C=O) groups is 4. The third-order valence-electron chi connectivity index (χ3n) is 13.6. The van der Waals surface area contributed by atoms with E-state index in [0.29, 0.717) is 29.9 Å². The van der Waals surface area contributed by atoms with E-state index in [0.717, 1.165) is 98.5 Å². The highest BCUT2D eigenvalue weighted by Gasteiger charge is 2.44. The number of nitrogens with two attached hydrogens (primary N) is 1. The Balaban J connectivity index is 0.800. The third-order valence-corrected chi connectivity index (χ3v) is 14.6. The lowest BCUT2D eigenvalue weighted by atomic mass is 9.71. The quantitative estimate of drug-likeness (QED) is 0.0847. The van der Waals surface area contributed by atoms with Crippen molar-refractivity contribution in [2.45, 2.75) is 123 Å². The van der Waals surface area contributed by atoms with Gasteiger partial charge in [-0.25, -0.2) is 4.98 Å². The Morgan fingerprint density at radius 3 is 2.26 bits per heavy atom. The van der Waals surface area contributed by atoms with Gasteiger partial charge in [-0.05, 0) is 85.6 Å². The van der Waals surface area contributed by atoms with E-state index in [-0.39, 0.29) is 60.7 Å². The molecule has 6 N–H and O–H groups in total. The van der Waals surface area contributed by atoms with Crippen LogP contribution in [0, 0.1) is 17.8 Å². The molecule has 5 heterocycles. The van der Waals surface area contributed by atoms with Crippen LogP contribution in [0.1, 0.15) is 103 Å². The van der Waals surface area contributed by atoms with Crippen molar-refractivity contribution >= 4 is 46.5 Å². The van der Waals surface area contributed by atoms with Gasteiger partial charge >= 0.3 is 0 Å². The fourth-order valence-corrected chi connectivity index (χ4v) is 10.3. The number of nitrogens with one attached hydrogen (secondary N) is 2. The van der Waals surface area contributed by atoms with Crippen molar-refractivity contribution in [2.24, 2.45) is 10.8 Å². The molecule has 3 aliphatic rings. The summed E-state index contributed by atoms with van der Waals surface area (Å²) in [6.45, 7) is 11.1. The second kappa shape index (κ2) is 20.7. The van der Waals surface area contributed by atoms with Gasteiger partial charge in [-0.2, -0.15) is 0 Å². The molecule has 3 fully saturated rings. The molecule has 16 heteroatoms. The number of nitrogens with zero attached hydrogens (tertiary/aromatic N) is 6. The summed E-state index contributed by atoms with van der Waals surface area (Å²) in [6.07, 6.45) is 6.96. The summed E-state index contributed by atoms with van der Waals surface area (Å²) in [5.74, 6) is -0.256. The Hall–Kier alpha value is -5.61. The molecule has 0 radical (unpaired) electrons. The number of aliphatic hydroxyl groups is 1. The van der Waals surface area contributed by atoms with Gasteiger partial charge in [-0.1, -0.05) is 70.0 Å². The first-order chi connectivity index (χ1) is 31.1. The van der Waals surface area contributed by atoms with E-state index in [1.807, 2.05) is 80.6 Å². The highest BCUT2D eigenvalue weighted by atomic mass is 32.1. The van der Waals surface area contributed by atoms with Crippen molar-refractivity contribution in [1.29, 1.82) is 0 Å². The zero-order chi connectivity index (χ0) is 46.3. The lowest BCUT2D eigenvalue weighted by Crippen LogP contribution is -2.57. The fourth-order valence-electron chi connectivity index (χ4n) is 9.51. The zero-order valence-corrected chi connectivity index (χ0v) is 39.0. The van der Waals surface area contributed by atoms with Crippen LogP contribution < -0.4 is 21.3 Å². The first kappa shape index (κ1) is 47.4. The number of benzene rings is 2. The molecule has 0 saturated carbocycles. The Labute approximate surface area is 386 Å². The number of amides is 4. The van der Waals surface area contributed by atoms with E-state index < -0.39 is 23.6 Å². The summed E-state index contributed by atoms with van der Waals surface area (Å²) < 4.78 is 0. The molecule has 65 heavy (non-hydrogen) atoms. The summed E-state index contributed by atoms with van der Waals surface area (Å²) >= 11 is 1.58. The van der Waals surface area contributed by atoms with E-state index >= 15 is 0 Å². The van der Waals surface area contributed by atoms with Crippen molar-refractivity contribution in [1.82, 2.24) is 35.6 Å². The molecule has 3 aliphatic heterocycles. The number of aromatic nitrogens is 3. The average molecular weight is 908 g/mol. The van der Waals surface area contributed by atoms with E-state index in [1.54, 1.807) is 23.5 Å². The number of β-amino-alcohol motifs (C(OH)–C–C–N with tert-alkyl or cyclic N) is 1. The standard InChI is InChI=1S/C49H65N9O6S/c1-32-43(65-31-52-32)34-17-15-33(16-18-34)29-51-46(63)39-27-35(59)30-58(39)47(64)44(48(2,3)4)53-41(61)13-7-5-6-8-14-42(62)57-25-21-49(22-26-57)19-23-56(24-20-49)38-28-37(54-55-45(38)50)36-11-9-10-12-40(36)60/h9-12,15-18,28,31,35,39,44,59-60H,5-8,13-14,19-27,29-30H2,1-4H3,(H2,50,55)(H,51,63)(H,53,61)/t35-,39+,44+/m1/s1. The Kier molecular flexibility index (Phi) is 15.1. The van der Waals surface area contributed by atoms with Crippen LogP contribution in [0.15, 0.2) is 60.1 Å². The average Bonchev–Trinajstić information content (AvgIpc) is 3.91. The number of likely N-dealkylation sites (tertiary alicyclic amines) is 2. The minimum absolute atomic E-state index is 0.0173. The monoisotopic (exact) mass is 907 g/mol. The van der Waals surface area contributed by atoms with Gasteiger partial charge < -0.3 is 41.3 Å². The largest absolute Gasteiger partial charge is 0.507 e. The van der Waals surface area contributed by atoms with E-state index in [4.69, 9.17) is 5.73 Å². The van der Waals surface area contributed by atoms with Crippen LogP contribution in [0.5, 0.6) is 5.75 Å². The van der Waals surface area contributed by atoms with Gasteiger partial charge in [0.15, 0.2) is 5.82 Å². The van der Waals surface area contributed by atoms with Crippen LogP contribution in [0.25, 0.3) is 21.7 Å². The van der Waals surface area contributed by atoms with Gasteiger partial charge in [0, 0.05) is 64.1 Å². The molecule has 3 saturated heterocycles. The smallest absolute Gasteiger partial charge is 0.246 e. The highest BCUT2D eigenvalue weighted by Crippen LogP contribution is 2.43. The fraction of sp³-hybridized carbons (Fsp3) is 0.531.